The van der Waals surface area contributed by atoms with Crippen molar-refractivity contribution in [3.05, 3.63) is 11.0 Å². The molecule has 0 aromatic carbocycles. The standard InChI is InChI=1S/C12H24N2S/c1-8-9(11(2,3)4)15-10(14-13)12(5,6)7/h8H,13H2,1-7H3/b9-8-,14-10-. The van der Waals surface area contributed by atoms with E-state index in [4.69, 9.17) is 5.84 Å². The van der Waals surface area contributed by atoms with Crippen molar-refractivity contribution < 1.29 is 0 Å². The van der Waals surface area contributed by atoms with Crippen molar-refractivity contribution >= 4 is 16.8 Å². The minimum atomic E-state index is 0.0128. The molecule has 0 aliphatic rings. The number of hydrogen-bond acceptors (Lipinski definition) is 3. The second kappa shape index (κ2) is 5.06. The van der Waals surface area contributed by atoms with Crippen molar-refractivity contribution in [2.24, 2.45) is 21.8 Å². The van der Waals surface area contributed by atoms with E-state index in [-0.39, 0.29) is 10.8 Å². The van der Waals surface area contributed by atoms with E-state index in [9.17, 15) is 0 Å². The molecule has 0 radical (unpaired) electrons. The zero-order chi connectivity index (χ0) is 12.3. The summed E-state index contributed by atoms with van der Waals surface area (Å²) < 4.78 is 0. The molecule has 0 saturated carbocycles. The maximum atomic E-state index is 5.45. The Morgan fingerprint density at radius 1 is 1.07 bits per heavy atom. The van der Waals surface area contributed by atoms with E-state index in [1.165, 1.54) is 4.91 Å². The summed E-state index contributed by atoms with van der Waals surface area (Å²) >= 11 is 1.69. The Bertz CT molecular complexity index is 236. The number of nitrogens with two attached hydrogens (primary N) is 1. The van der Waals surface area contributed by atoms with E-state index in [2.05, 4.69) is 59.6 Å². The average Bonchev–Trinajstić information content (AvgIpc) is 2.01. The molecule has 15 heavy (non-hydrogen) atoms. The first-order valence-corrected chi connectivity index (χ1v) is 6.07. The highest BCUT2D eigenvalue weighted by Gasteiger charge is 2.25. The van der Waals surface area contributed by atoms with Gasteiger partial charge in [-0.15, -0.1) is 0 Å². The van der Waals surface area contributed by atoms with Crippen LogP contribution in [0.4, 0.5) is 0 Å². The van der Waals surface area contributed by atoms with Crippen LogP contribution in [0.15, 0.2) is 16.1 Å². The van der Waals surface area contributed by atoms with Crippen LogP contribution in [0.3, 0.4) is 0 Å². The second-order valence-corrected chi connectivity index (χ2v) is 6.72. The van der Waals surface area contributed by atoms with Gasteiger partial charge in [-0.1, -0.05) is 59.4 Å². The normalized spacial score (nSPS) is 15.7. The first-order valence-electron chi connectivity index (χ1n) is 5.26. The lowest BCUT2D eigenvalue weighted by Gasteiger charge is -2.27. The van der Waals surface area contributed by atoms with Gasteiger partial charge < -0.3 is 5.84 Å². The van der Waals surface area contributed by atoms with Crippen molar-refractivity contribution in [3.63, 3.8) is 0 Å². The van der Waals surface area contributed by atoms with Gasteiger partial charge in [0, 0.05) is 5.41 Å². The Balaban J connectivity index is 4.87. The number of thioether (sulfide) groups is 1. The summed E-state index contributed by atoms with van der Waals surface area (Å²) in [4.78, 5) is 1.31. The maximum absolute atomic E-state index is 5.45. The lowest BCUT2D eigenvalue weighted by molar-refractivity contribution is 0.532. The van der Waals surface area contributed by atoms with Gasteiger partial charge in [-0.25, -0.2) is 0 Å². The molecule has 0 fully saturated rings. The van der Waals surface area contributed by atoms with Crippen LogP contribution in [0.25, 0.3) is 0 Å². The lowest BCUT2D eigenvalue weighted by Crippen LogP contribution is -2.21. The highest BCUT2D eigenvalue weighted by molar-refractivity contribution is 8.17. The molecule has 0 aliphatic heterocycles. The molecule has 0 amide bonds. The van der Waals surface area contributed by atoms with Gasteiger partial charge in [0.15, 0.2) is 0 Å². The molecule has 0 atom stereocenters. The van der Waals surface area contributed by atoms with Crippen LogP contribution in [0.2, 0.25) is 0 Å². The van der Waals surface area contributed by atoms with Gasteiger partial charge in [0.1, 0.15) is 5.04 Å². The molecule has 0 aromatic rings. The van der Waals surface area contributed by atoms with Gasteiger partial charge in [0.05, 0.1) is 0 Å². The van der Waals surface area contributed by atoms with E-state index in [1.807, 2.05) is 0 Å². The summed E-state index contributed by atoms with van der Waals surface area (Å²) in [5.41, 5.74) is 0.166. The van der Waals surface area contributed by atoms with Crippen molar-refractivity contribution in [2.45, 2.75) is 48.5 Å². The van der Waals surface area contributed by atoms with Crippen molar-refractivity contribution in [1.82, 2.24) is 0 Å². The molecular weight excluding hydrogens is 204 g/mol. The Morgan fingerprint density at radius 3 is 1.73 bits per heavy atom. The molecular formula is C12H24N2S. The Kier molecular flexibility index (Phi) is 4.91. The average molecular weight is 228 g/mol. The molecule has 3 heteroatoms. The molecule has 0 heterocycles. The van der Waals surface area contributed by atoms with Crippen LogP contribution in [-0.4, -0.2) is 5.04 Å². The zero-order valence-corrected chi connectivity index (χ0v) is 11.8. The number of allylic oxidation sites excluding steroid dienone is 2. The monoisotopic (exact) mass is 228 g/mol. The minimum absolute atomic E-state index is 0.0128. The Morgan fingerprint density at radius 2 is 1.53 bits per heavy atom. The third-order valence-corrected chi connectivity index (χ3v) is 3.95. The predicted molar refractivity (Wildman–Crippen MR) is 71.9 cm³/mol. The zero-order valence-electron chi connectivity index (χ0n) is 11.0. The molecule has 2 N–H and O–H groups in total. The largest absolute Gasteiger partial charge is 0.322 e. The topological polar surface area (TPSA) is 38.4 Å². The highest BCUT2D eigenvalue weighted by Crippen LogP contribution is 2.39. The van der Waals surface area contributed by atoms with Crippen LogP contribution in [0.5, 0.6) is 0 Å². The molecule has 88 valence electrons. The maximum Gasteiger partial charge on any atom is 0.103 e. The SMILES string of the molecule is C/C=C(\S/C(=N\N)C(C)(C)C)C(C)(C)C. The smallest absolute Gasteiger partial charge is 0.103 e. The lowest BCUT2D eigenvalue weighted by atomic mass is 9.96. The molecule has 2 nitrogen and oxygen atoms in total. The quantitative estimate of drug-likeness (QED) is 0.319. The highest BCUT2D eigenvalue weighted by atomic mass is 32.2. The number of rotatable bonds is 1. The minimum Gasteiger partial charge on any atom is -0.322 e. The fraction of sp³-hybridized carbons (Fsp3) is 0.750. The van der Waals surface area contributed by atoms with E-state index < -0.39 is 0 Å². The van der Waals surface area contributed by atoms with Gasteiger partial charge >= 0.3 is 0 Å². The summed E-state index contributed by atoms with van der Waals surface area (Å²) in [6.07, 6.45) is 2.14. The summed E-state index contributed by atoms with van der Waals surface area (Å²) in [6.45, 7) is 15.0. The van der Waals surface area contributed by atoms with Crippen LogP contribution >= 0.6 is 11.8 Å². The first kappa shape index (κ1) is 14.6. The molecule has 0 saturated heterocycles. The van der Waals surface area contributed by atoms with Gasteiger partial charge in [-0.3, -0.25) is 0 Å². The van der Waals surface area contributed by atoms with Crippen LogP contribution < -0.4 is 5.84 Å². The van der Waals surface area contributed by atoms with Crippen LogP contribution in [0.1, 0.15) is 48.5 Å². The van der Waals surface area contributed by atoms with E-state index in [1.54, 1.807) is 11.8 Å². The first-order chi connectivity index (χ1) is 6.62. The third-order valence-electron chi connectivity index (χ3n) is 1.97. The van der Waals surface area contributed by atoms with Crippen molar-refractivity contribution in [3.8, 4) is 0 Å². The molecule has 0 aliphatic carbocycles. The van der Waals surface area contributed by atoms with E-state index >= 15 is 0 Å². The molecule has 0 spiro atoms. The van der Waals surface area contributed by atoms with E-state index in [0.717, 1.165) is 5.04 Å². The number of nitrogens with zero attached hydrogens (tertiary/aromatic N) is 1. The fourth-order valence-electron chi connectivity index (χ4n) is 1.12. The molecule has 0 aromatic heterocycles. The van der Waals surface area contributed by atoms with Crippen LogP contribution in [-0.2, 0) is 0 Å². The molecule has 0 bridgehead atoms. The molecule has 0 rings (SSSR count). The van der Waals surface area contributed by atoms with Gasteiger partial charge in [-0.05, 0) is 17.2 Å². The number of hydrazone groups is 1. The summed E-state index contributed by atoms with van der Waals surface area (Å²) in [5.74, 6) is 5.45. The summed E-state index contributed by atoms with van der Waals surface area (Å²) in [7, 11) is 0. The van der Waals surface area contributed by atoms with Gasteiger partial charge in [0.25, 0.3) is 0 Å². The second-order valence-electron chi connectivity index (χ2n) is 5.69. The predicted octanol–water partition coefficient (Wildman–Crippen LogP) is 3.99. The van der Waals surface area contributed by atoms with Crippen molar-refractivity contribution in [2.75, 3.05) is 0 Å². The third kappa shape index (κ3) is 4.74. The molecule has 0 unspecified atom stereocenters. The summed E-state index contributed by atoms with van der Waals surface area (Å²) in [5, 5.41) is 4.88. The van der Waals surface area contributed by atoms with Crippen molar-refractivity contribution in [1.29, 1.82) is 0 Å². The Labute approximate surface area is 98.4 Å². The van der Waals surface area contributed by atoms with E-state index in [0.29, 0.717) is 0 Å². The fourth-order valence-corrected chi connectivity index (χ4v) is 2.11. The summed E-state index contributed by atoms with van der Waals surface area (Å²) in [6, 6.07) is 0. The number of hydrogen-bond donors (Lipinski definition) is 1. The Hall–Kier alpha value is -0.440. The van der Waals surface area contributed by atoms with Gasteiger partial charge in [-0.2, -0.15) is 5.10 Å². The van der Waals surface area contributed by atoms with Crippen LogP contribution in [0, 0.1) is 10.8 Å². The van der Waals surface area contributed by atoms with Gasteiger partial charge in [0.2, 0.25) is 0 Å².